The average molecular weight is 491 g/mol. The van der Waals surface area contributed by atoms with E-state index in [0.29, 0.717) is 31.0 Å². The normalized spacial score (nSPS) is 14.1. The van der Waals surface area contributed by atoms with Gasteiger partial charge in [0.1, 0.15) is 16.4 Å². The molecule has 0 saturated carbocycles. The lowest BCUT2D eigenvalue weighted by molar-refractivity contribution is 0.0942. The summed E-state index contributed by atoms with van der Waals surface area (Å²) < 4.78 is 30.1. The zero-order valence-electron chi connectivity index (χ0n) is 19.8. The van der Waals surface area contributed by atoms with Gasteiger partial charge in [0.25, 0.3) is 5.91 Å². The van der Waals surface area contributed by atoms with Crippen molar-refractivity contribution in [3.05, 3.63) is 82.8 Å². The Morgan fingerprint density at radius 1 is 1.14 bits per heavy atom. The second-order valence-corrected chi connectivity index (χ2v) is 10.6. The molecule has 3 aromatic heterocycles. The minimum absolute atomic E-state index is 0.150. The molecule has 0 saturated heterocycles. The first-order valence-corrected chi connectivity index (χ1v) is 12.8. The third kappa shape index (κ3) is 4.19. The maximum atomic E-state index is 13.5. The molecule has 0 fully saturated rings. The molecule has 5 rings (SSSR count). The number of carbonyl (C=O) groups is 1. The molecule has 0 radical (unpaired) electrons. The van der Waals surface area contributed by atoms with E-state index in [1.165, 1.54) is 10.4 Å². The number of hydrogen-bond acceptors (Lipinski definition) is 6. The molecule has 1 amide bonds. The van der Waals surface area contributed by atoms with Crippen molar-refractivity contribution in [2.75, 3.05) is 6.54 Å². The molecule has 0 unspecified atom stereocenters. The van der Waals surface area contributed by atoms with E-state index in [2.05, 4.69) is 20.3 Å². The number of hydrogen-bond donors (Lipinski definition) is 1. The standard InChI is InChI=1S/C25H26N6O3S/c1-16-24(35(33,34)31-10-8-18-12-26-9-7-20(18)15-31)11-23(30(16)3)25(32)28-13-19-5-4-6-22-21(19)14-27-17(2)29-22/h4-7,9,11-12,14H,8,10,13,15H2,1-3H3,(H,28,32). The summed E-state index contributed by atoms with van der Waals surface area (Å²) >= 11 is 0. The molecule has 9 nitrogen and oxygen atoms in total. The van der Waals surface area contributed by atoms with Crippen LogP contribution in [-0.2, 0) is 36.6 Å². The van der Waals surface area contributed by atoms with Crippen molar-refractivity contribution in [3.8, 4) is 0 Å². The van der Waals surface area contributed by atoms with Gasteiger partial charge in [-0.05, 0) is 55.2 Å². The summed E-state index contributed by atoms with van der Waals surface area (Å²) in [4.78, 5) is 26.1. The summed E-state index contributed by atoms with van der Waals surface area (Å²) in [5, 5.41) is 3.78. The lowest BCUT2D eigenvalue weighted by atomic mass is 10.0. The van der Waals surface area contributed by atoms with Crippen LogP contribution in [0.3, 0.4) is 0 Å². The van der Waals surface area contributed by atoms with Gasteiger partial charge in [0.15, 0.2) is 0 Å². The Hall–Kier alpha value is -3.63. The monoisotopic (exact) mass is 490 g/mol. The number of fused-ring (bicyclic) bond motifs is 2. The van der Waals surface area contributed by atoms with Gasteiger partial charge in [-0.1, -0.05) is 12.1 Å². The smallest absolute Gasteiger partial charge is 0.268 e. The van der Waals surface area contributed by atoms with E-state index >= 15 is 0 Å². The average Bonchev–Trinajstić information content (AvgIpc) is 3.16. The van der Waals surface area contributed by atoms with Crippen molar-refractivity contribution in [2.24, 2.45) is 7.05 Å². The van der Waals surface area contributed by atoms with Crippen molar-refractivity contribution in [1.29, 1.82) is 0 Å². The van der Waals surface area contributed by atoms with E-state index in [0.717, 1.165) is 27.6 Å². The minimum atomic E-state index is -3.78. The van der Waals surface area contributed by atoms with Gasteiger partial charge in [-0.15, -0.1) is 0 Å². The molecular formula is C25H26N6O3S. The number of pyridine rings is 1. The Kier molecular flexibility index (Phi) is 5.86. The second-order valence-electron chi connectivity index (χ2n) is 8.72. The maximum Gasteiger partial charge on any atom is 0.268 e. The number of aryl methyl sites for hydroxylation is 1. The number of nitrogens with zero attached hydrogens (tertiary/aromatic N) is 5. The molecule has 1 aliphatic rings. The predicted octanol–water partition coefficient (Wildman–Crippen LogP) is 2.66. The molecule has 0 aliphatic carbocycles. The van der Waals surface area contributed by atoms with Crippen LogP contribution >= 0.6 is 0 Å². The molecule has 0 spiro atoms. The molecule has 10 heteroatoms. The quantitative estimate of drug-likeness (QED) is 0.461. The van der Waals surface area contributed by atoms with Gasteiger partial charge in [0, 0.05) is 56.4 Å². The topological polar surface area (TPSA) is 110 Å². The maximum absolute atomic E-state index is 13.5. The van der Waals surface area contributed by atoms with E-state index in [1.54, 1.807) is 37.1 Å². The number of benzene rings is 1. The Morgan fingerprint density at radius 3 is 2.80 bits per heavy atom. The Labute approximate surface area is 203 Å². The molecule has 180 valence electrons. The predicted molar refractivity (Wildman–Crippen MR) is 131 cm³/mol. The van der Waals surface area contributed by atoms with Gasteiger partial charge in [0.05, 0.1) is 5.52 Å². The van der Waals surface area contributed by atoms with Gasteiger partial charge in [-0.25, -0.2) is 18.4 Å². The first-order chi connectivity index (χ1) is 16.8. The molecular weight excluding hydrogens is 464 g/mol. The summed E-state index contributed by atoms with van der Waals surface area (Å²) in [5.74, 6) is 0.331. The molecule has 1 N–H and O–H groups in total. The second kappa shape index (κ2) is 8.86. The molecule has 1 aliphatic heterocycles. The third-order valence-corrected chi connectivity index (χ3v) is 8.56. The highest BCUT2D eigenvalue weighted by molar-refractivity contribution is 7.89. The molecule has 4 aromatic rings. The van der Waals surface area contributed by atoms with Crippen molar-refractivity contribution < 1.29 is 13.2 Å². The summed E-state index contributed by atoms with van der Waals surface area (Å²) in [6.07, 6.45) is 5.83. The number of aromatic nitrogens is 4. The molecule has 0 bridgehead atoms. The lowest BCUT2D eigenvalue weighted by Crippen LogP contribution is -2.36. The van der Waals surface area contributed by atoms with Crippen LogP contribution in [0.5, 0.6) is 0 Å². The Balaban J connectivity index is 1.38. The zero-order valence-corrected chi connectivity index (χ0v) is 20.6. The van der Waals surface area contributed by atoms with E-state index < -0.39 is 10.0 Å². The summed E-state index contributed by atoms with van der Waals surface area (Å²) in [7, 11) is -2.07. The minimum Gasteiger partial charge on any atom is -0.347 e. The summed E-state index contributed by atoms with van der Waals surface area (Å²) in [5.41, 5.74) is 4.52. The van der Waals surface area contributed by atoms with Crippen LogP contribution in [0.1, 0.15) is 38.7 Å². The summed E-state index contributed by atoms with van der Waals surface area (Å²) in [6, 6.07) is 9.03. The number of rotatable bonds is 5. The molecule has 0 atom stereocenters. The van der Waals surface area contributed by atoms with Crippen LogP contribution < -0.4 is 5.32 Å². The third-order valence-electron chi connectivity index (χ3n) is 6.60. The largest absolute Gasteiger partial charge is 0.347 e. The Morgan fingerprint density at radius 2 is 1.97 bits per heavy atom. The van der Waals surface area contributed by atoms with Crippen LogP contribution in [-0.4, -0.2) is 44.7 Å². The van der Waals surface area contributed by atoms with Crippen LogP contribution in [0.25, 0.3) is 10.9 Å². The van der Waals surface area contributed by atoms with Crippen LogP contribution in [0.2, 0.25) is 0 Å². The zero-order chi connectivity index (χ0) is 24.7. The van der Waals surface area contributed by atoms with Crippen LogP contribution in [0, 0.1) is 13.8 Å². The SMILES string of the molecule is Cc1ncc2c(CNC(=O)c3cc(S(=O)(=O)N4CCc5cnccc5C4)c(C)n3C)cccc2n1. The van der Waals surface area contributed by atoms with Crippen molar-refractivity contribution >= 4 is 26.8 Å². The van der Waals surface area contributed by atoms with Gasteiger partial charge in [-0.2, -0.15) is 4.31 Å². The first kappa shape index (κ1) is 23.1. The number of carbonyl (C=O) groups excluding carboxylic acids is 1. The van der Waals surface area contributed by atoms with Gasteiger partial charge in [0.2, 0.25) is 10.0 Å². The number of sulfonamides is 1. The van der Waals surface area contributed by atoms with Gasteiger partial charge in [-0.3, -0.25) is 9.78 Å². The van der Waals surface area contributed by atoms with Crippen LogP contribution in [0.15, 0.2) is 53.8 Å². The highest BCUT2D eigenvalue weighted by Gasteiger charge is 2.32. The first-order valence-electron chi connectivity index (χ1n) is 11.3. The van der Waals surface area contributed by atoms with E-state index in [4.69, 9.17) is 0 Å². The van der Waals surface area contributed by atoms with Crippen molar-refractivity contribution in [2.45, 2.75) is 38.3 Å². The van der Waals surface area contributed by atoms with Crippen molar-refractivity contribution in [1.82, 2.24) is 29.1 Å². The molecule has 35 heavy (non-hydrogen) atoms. The van der Waals surface area contributed by atoms with E-state index in [1.807, 2.05) is 31.2 Å². The van der Waals surface area contributed by atoms with Gasteiger partial charge >= 0.3 is 0 Å². The molecule has 4 heterocycles. The fourth-order valence-electron chi connectivity index (χ4n) is 4.47. The number of nitrogens with one attached hydrogen (secondary N) is 1. The Bertz CT molecular complexity index is 1560. The van der Waals surface area contributed by atoms with E-state index in [-0.39, 0.29) is 23.0 Å². The van der Waals surface area contributed by atoms with E-state index in [9.17, 15) is 13.2 Å². The van der Waals surface area contributed by atoms with Crippen LogP contribution in [0.4, 0.5) is 0 Å². The lowest BCUT2D eigenvalue weighted by Gasteiger charge is -2.27. The highest BCUT2D eigenvalue weighted by atomic mass is 32.2. The summed E-state index contributed by atoms with van der Waals surface area (Å²) in [6.45, 7) is 4.48. The molecule has 1 aromatic carbocycles. The highest BCUT2D eigenvalue weighted by Crippen LogP contribution is 2.28. The number of amides is 1. The van der Waals surface area contributed by atoms with Crippen molar-refractivity contribution in [3.63, 3.8) is 0 Å². The fourth-order valence-corrected chi connectivity index (χ4v) is 6.16. The fraction of sp³-hybridized carbons (Fsp3) is 0.280. The van der Waals surface area contributed by atoms with Gasteiger partial charge < -0.3 is 9.88 Å².